The number of nitrogens with zero attached hydrogens (tertiary/aromatic N) is 1. The van der Waals surface area contributed by atoms with Gasteiger partial charge in [-0.15, -0.1) is 0 Å². The lowest BCUT2D eigenvalue weighted by atomic mass is 9.88. The molecule has 0 saturated heterocycles. The highest BCUT2D eigenvalue weighted by molar-refractivity contribution is 5.90. The zero-order valence-electron chi connectivity index (χ0n) is 12.7. The third kappa shape index (κ3) is 3.05. The molecule has 0 bridgehead atoms. The summed E-state index contributed by atoms with van der Waals surface area (Å²) in [4.78, 5) is 16.0. The molecule has 0 aliphatic heterocycles. The van der Waals surface area contributed by atoms with Crippen LogP contribution >= 0.6 is 0 Å². The molecule has 0 aliphatic rings. The van der Waals surface area contributed by atoms with E-state index in [9.17, 15) is 9.90 Å². The van der Waals surface area contributed by atoms with Crippen molar-refractivity contribution in [1.29, 1.82) is 0 Å². The number of pyridine rings is 1. The third-order valence-electron chi connectivity index (χ3n) is 3.22. The number of carboxylic acid groups (broad SMARTS) is 1. The van der Waals surface area contributed by atoms with Crippen molar-refractivity contribution >= 4 is 5.97 Å². The Bertz CT molecular complexity index is 672. The first-order chi connectivity index (χ1) is 9.84. The highest BCUT2D eigenvalue weighted by atomic mass is 16.5. The lowest BCUT2D eigenvalue weighted by Crippen LogP contribution is -2.19. The van der Waals surface area contributed by atoms with Crippen LogP contribution in [-0.2, 0) is 5.41 Å². The Morgan fingerprint density at radius 3 is 2.38 bits per heavy atom. The van der Waals surface area contributed by atoms with Crippen LogP contribution in [-0.4, -0.2) is 23.2 Å². The summed E-state index contributed by atoms with van der Waals surface area (Å²) in [5.41, 5.74) is 2.01. The van der Waals surface area contributed by atoms with E-state index >= 15 is 0 Å². The molecular weight excluding hydrogens is 266 g/mol. The predicted molar refractivity (Wildman–Crippen MR) is 81.9 cm³/mol. The summed E-state index contributed by atoms with van der Waals surface area (Å²) in [6.07, 6.45) is 0. The Morgan fingerprint density at radius 2 is 1.81 bits per heavy atom. The molecule has 0 amide bonds. The third-order valence-corrected chi connectivity index (χ3v) is 3.22. The van der Waals surface area contributed by atoms with E-state index in [1.165, 1.54) is 0 Å². The molecule has 0 unspecified atom stereocenters. The quantitative estimate of drug-likeness (QED) is 0.933. The fourth-order valence-corrected chi connectivity index (χ4v) is 2.21. The first-order valence-corrected chi connectivity index (χ1v) is 6.73. The largest absolute Gasteiger partial charge is 0.496 e. The van der Waals surface area contributed by atoms with Gasteiger partial charge in [0.1, 0.15) is 5.75 Å². The zero-order chi connectivity index (χ0) is 15.6. The molecule has 1 heterocycles. The van der Waals surface area contributed by atoms with Gasteiger partial charge in [0.15, 0.2) is 0 Å². The maximum atomic E-state index is 11.4. The van der Waals surface area contributed by atoms with Gasteiger partial charge in [-0.05, 0) is 24.3 Å². The maximum absolute atomic E-state index is 11.4. The van der Waals surface area contributed by atoms with Crippen molar-refractivity contribution < 1.29 is 14.6 Å². The van der Waals surface area contributed by atoms with Gasteiger partial charge in [-0.1, -0.05) is 32.9 Å². The fraction of sp³-hybridized carbons (Fsp3) is 0.294. The Morgan fingerprint density at radius 1 is 1.14 bits per heavy atom. The molecule has 2 aromatic rings. The average Bonchev–Trinajstić information content (AvgIpc) is 2.45. The number of carboxylic acids is 1. The normalized spacial score (nSPS) is 11.2. The van der Waals surface area contributed by atoms with E-state index in [4.69, 9.17) is 4.74 Å². The van der Waals surface area contributed by atoms with Crippen LogP contribution in [0.25, 0.3) is 11.3 Å². The molecule has 4 nitrogen and oxygen atoms in total. The summed E-state index contributed by atoms with van der Waals surface area (Å²) in [5.74, 6) is -0.244. The summed E-state index contributed by atoms with van der Waals surface area (Å²) in [6, 6.07) is 10.9. The van der Waals surface area contributed by atoms with Crippen LogP contribution in [0, 0.1) is 0 Å². The molecular formula is C17H19NO3. The Kier molecular flexibility index (Phi) is 3.98. The van der Waals surface area contributed by atoms with E-state index in [1.807, 2.05) is 45.0 Å². The number of carbonyl (C=O) groups is 1. The topological polar surface area (TPSA) is 59.4 Å². The van der Waals surface area contributed by atoms with E-state index in [2.05, 4.69) is 4.98 Å². The molecule has 1 aromatic carbocycles. The number of para-hydroxylation sites is 1. The van der Waals surface area contributed by atoms with Gasteiger partial charge < -0.3 is 9.84 Å². The molecule has 2 rings (SSSR count). The zero-order valence-corrected chi connectivity index (χ0v) is 12.7. The van der Waals surface area contributed by atoms with Crippen LogP contribution in [0.3, 0.4) is 0 Å². The van der Waals surface area contributed by atoms with Crippen LogP contribution in [0.4, 0.5) is 0 Å². The molecule has 0 fully saturated rings. The number of hydrogen-bond acceptors (Lipinski definition) is 3. The second-order valence-electron chi connectivity index (χ2n) is 5.85. The smallest absolute Gasteiger partial charge is 0.337 e. The van der Waals surface area contributed by atoms with Crippen molar-refractivity contribution in [1.82, 2.24) is 4.98 Å². The highest BCUT2D eigenvalue weighted by Crippen LogP contribution is 2.31. The number of aromatic nitrogens is 1. The predicted octanol–water partition coefficient (Wildman–Crippen LogP) is 3.75. The van der Waals surface area contributed by atoms with Crippen LogP contribution in [0.15, 0.2) is 36.4 Å². The molecule has 1 N–H and O–H groups in total. The van der Waals surface area contributed by atoms with E-state index in [0.717, 1.165) is 5.56 Å². The summed E-state index contributed by atoms with van der Waals surface area (Å²) < 4.78 is 5.35. The number of hydrogen-bond donors (Lipinski definition) is 1. The van der Waals surface area contributed by atoms with Crippen LogP contribution < -0.4 is 4.74 Å². The van der Waals surface area contributed by atoms with Crippen LogP contribution in [0.1, 0.15) is 36.8 Å². The highest BCUT2D eigenvalue weighted by Gasteiger charge is 2.24. The number of rotatable bonds is 3. The van der Waals surface area contributed by atoms with E-state index < -0.39 is 5.97 Å². The maximum Gasteiger partial charge on any atom is 0.337 e. The molecule has 0 aliphatic carbocycles. The summed E-state index contributed by atoms with van der Waals surface area (Å²) in [5, 5.41) is 9.33. The van der Waals surface area contributed by atoms with Gasteiger partial charge in [-0.3, -0.25) is 4.98 Å². The molecule has 0 radical (unpaired) electrons. The molecule has 0 spiro atoms. The Labute approximate surface area is 124 Å². The lowest BCUT2D eigenvalue weighted by molar-refractivity contribution is 0.0693. The number of methoxy groups -OCH3 is 1. The number of benzene rings is 1. The number of aromatic carboxylic acids is 1. The minimum atomic E-state index is -0.959. The molecule has 1 aromatic heterocycles. The Hall–Kier alpha value is -2.36. The van der Waals surface area contributed by atoms with Gasteiger partial charge in [-0.2, -0.15) is 0 Å². The Balaban J connectivity index is 2.65. The molecule has 110 valence electrons. The average molecular weight is 285 g/mol. The van der Waals surface area contributed by atoms with Crippen molar-refractivity contribution in [3.05, 3.63) is 47.7 Å². The van der Waals surface area contributed by atoms with Gasteiger partial charge in [-0.25, -0.2) is 4.79 Å². The van der Waals surface area contributed by atoms with Gasteiger partial charge in [0.2, 0.25) is 0 Å². The minimum Gasteiger partial charge on any atom is -0.496 e. The molecule has 21 heavy (non-hydrogen) atoms. The summed E-state index contributed by atoms with van der Waals surface area (Å²) >= 11 is 0. The summed E-state index contributed by atoms with van der Waals surface area (Å²) in [7, 11) is 1.61. The minimum absolute atomic E-state index is 0.237. The molecule has 0 atom stereocenters. The SMILES string of the molecule is COc1ccccc1-c1ccc(C(=O)O)c(C(C)(C)C)n1. The van der Waals surface area contributed by atoms with Crippen molar-refractivity contribution in [3.8, 4) is 17.0 Å². The molecule has 0 saturated carbocycles. The van der Waals surface area contributed by atoms with Crippen LogP contribution in [0.2, 0.25) is 0 Å². The van der Waals surface area contributed by atoms with Crippen molar-refractivity contribution in [2.24, 2.45) is 0 Å². The second-order valence-corrected chi connectivity index (χ2v) is 5.85. The van der Waals surface area contributed by atoms with Crippen molar-refractivity contribution in [3.63, 3.8) is 0 Å². The van der Waals surface area contributed by atoms with Gasteiger partial charge in [0.25, 0.3) is 0 Å². The summed E-state index contributed by atoms with van der Waals surface area (Å²) in [6.45, 7) is 5.86. The number of ether oxygens (including phenoxy) is 1. The monoisotopic (exact) mass is 285 g/mol. The van der Waals surface area contributed by atoms with E-state index in [0.29, 0.717) is 17.1 Å². The van der Waals surface area contributed by atoms with Crippen LogP contribution in [0.5, 0.6) is 5.75 Å². The second kappa shape index (κ2) is 5.56. The van der Waals surface area contributed by atoms with Gasteiger partial charge >= 0.3 is 5.97 Å². The van der Waals surface area contributed by atoms with E-state index in [1.54, 1.807) is 19.2 Å². The van der Waals surface area contributed by atoms with Crippen molar-refractivity contribution in [2.45, 2.75) is 26.2 Å². The van der Waals surface area contributed by atoms with Gasteiger partial charge in [0, 0.05) is 11.0 Å². The fourth-order valence-electron chi connectivity index (χ4n) is 2.21. The first-order valence-electron chi connectivity index (χ1n) is 6.73. The van der Waals surface area contributed by atoms with E-state index in [-0.39, 0.29) is 11.0 Å². The van der Waals surface area contributed by atoms with Crippen molar-refractivity contribution in [2.75, 3.05) is 7.11 Å². The molecule has 4 heteroatoms. The first kappa shape index (κ1) is 15.0. The standard InChI is InChI=1S/C17H19NO3/c1-17(2,3)15-12(16(19)20)9-10-13(18-15)11-7-5-6-8-14(11)21-4/h5-10H,1-4H3,(H,19,20). The van der Waals surface area contributed by atoms with Gasteiger partial charge in [0.05, 0.1) is 24.1 Å². The lowest BCUT2D eigenvalue weighted by Gasteiger charge is -2.21.